The Morgan fingerprint density at radius 3 is 2.54 bits per heavy atom. The van der Waals surface area contributed by atoms with Crippen molar-refractivity contribution in [3.8, 4) is 11.5 Å². The van der Waals surface area contributed by atoms with Gasteiger partial charge in [-0.3, -0.25) is 0 Å². The number of hydrogen-bond donors (Lipinski definition) is 2. The van der Waals surface area contributed by atoms with Crippen LogP contribution in [0.2, 0.25) is 0 Å². The highest BCUT2D eigenvalue weighted by atomic mass is 16.6. The molecule has 2 aromatic rings. The van der Waals surface area contributed by atoms with Gasteiger partial charge in [-0.25, -0.2) is 14.8 Å². The molecule has 2 N–H and O–H groups in total. The normalized spacial score (nSPS) is 14.3. The maximum Gasteiger partial charge on any atom is 0.356 e. The van der Waals surface area contributed by atoms with E-state index in [1.807, 2.05) is 18.2 Å². The van der Waals surface area contributed by atoms with E-state index in [1.54, 1.807) is 0 Å². The highest BCUT2D eigenvalue weighted by Gasteiger charge is 2.20. The van der Waals surface area contributed by atoms with Crippen LogP contribution in [-0.4, -0.2) is 34.3 Å². The molecule has 0 unspecified atom stereocenters. The van der Waals surface area contributed by atoms with E-state index >= 15 is 0 Å². The molecular formula is C17H19N3O4. The van der Waals surface area contributed by atoms with Crippen molar-refractivity contribution < 1.29 is 19.4 Å². The smallest absolute Gasteiger partial charge is 0.356 e. The molecule has 1 aliphatic rings. The minimum absolute atomic E-state index is 0.0224. The first-order chi connectivity index (χ1) is 11.5. The molecule has 1 atom stereocenters. The molecule has 3 rings (SSSR count). The van der Waals surface area contributed by atoms with Gasteiger partial charge >= 0.3 is 5.97 Å². The maximum atomic E-state index is 10.9. The summed E-state index contributed by atoms with van der Waals surface area (Å²) in [4.78, 5) is 18.9. The summed E-state index contributed by atoms with van der Waals surface area (Å²) in [6.07, 6.45) is 2.67. The number of ether oxygens (including phenoxy) is 2. The van der Waals surface area contributed by atoms with Crippen molar-refractivity contribution in [2.24, 2.45) is 5.92 Å². The molecule has 0 aliphatic carbocycles. The number of hydrogen-bond acceptors (Lipinski definition) is 6. The van der Waals surface area contributed by atoms with E-state index < -0.39 is 5.97 Å². The molecule has 7 heteroatoms. The van der Waals surface area contributed by atoms with Crippen molar-refractivity contribution in [3.05, 3.63) is 41.9 Å². The van der Waals surface area contributed by atoms with Crippen molar-refractivity contribution in [1.29, 1.82) is 0 Å². The molecule has 126 valence electrons. The van der Waals surface area contributed by atoms with Crippen molar-refractivity contribution >= 4 is 11.8 Å². The number of aromatic nitrogens is 2. The Hall–Kier alpha value is -2.83. The molecule has 7 nitrogen and oxygen atoms in total. The monoisotopic (exact) mass is 329 g/mol. The highest BCUT2D eigenvalue weighted by Crippen LogP contribution is 2.35. The number of anilines is 1. The van der Waals surface area contributed by atoms with Crippen LogP contribution in [0.1, 0.15) is 35.9 Å². The number of carboxylic acid groups (broad SMARTS) is 1. The molecule has 0 amide bonds. The standard InChI is InChI=1S/C17H19N3O4/c1-10(2)16(20-15-9-18-12(8-19-15)17(21)22)11-3-4-13-14(7-11)24-6-5-23-13/h3-4,7-10,16H,5-6H2,1-2H3,(H,19,20)(H,21,22)/t16-/m1/s1. The fraction of sp³-hybridized carbons (Fsp3) is 0.353. The summed E-state index contributed by atoms with van der Waals surface area (Å²) < 4.78 is 11.2. The van der Waals surface area contributed by atoms with Gasteiger partial charge in [0.2, 0.25) is 0 Å². The Bertz CT molecular complexity index is 731. The molecule has 0 saturated carbocycles. The van der Waals surface area contributed by atoms with Crippen molar-refractivity contribution in [2.75, 3.05) is 18.5 Å². The van der Waals surface area contributed by atoms with Crippen molar-refractivity contribution in [3.63, 3.8) is 0 Å². The molecule has 0 bridgehead atoms. The van der Waals surface area contributed by atoms with Gasteiger partial charge in [0.05, 0.1) is 18.4 Å². The van der Waals surface area contributed by atoms with Gasteiger partial charge in [0, 0.05) is 0 Å². The molecule has 1 aromatic heterocycles. The van der Waals surface area contributed by atoms with E-state index in [2.05, 4.69) is 29.1 Å². The second-order valence-corrected chi connectivity index (χ2v) is 5.86. The zero-order valence-electron chi connectivity index (χ0n) is 13.5. The summed E-state index contributed by atoms with van der Waals surface area (Å²) in [6, 6.07) is 5.83. The lowest BCUT2D eigenvalue weighted by molar-refractivity contribution is 0.0690. The van der Waals surface area contributed by atoms with Crippen LogP contribution in [0.5, 0.6) is 11.5 Å². The van der Waals surface area contributed by atoms with Crippen LogP contribution in [0.25, 0.3) is 0 Å². The molecule has 0 fully saturated rings. The number of nitrogens with zero attached hydrogens (tertiary/aromatic N) is 2. The van der Waals surface area contributed by atoms with E-state index in [0.29, 0.717) is 19.0 Å². The molecule has 1 aliphatic heterocycles. The van der Waals surface area contributed by atoms with Crippen LogP contribution < -0.4 is 14.8 Å². The zero-order chi connectivity index (χ0) is 17.1. The first kappa shape index (κ1) is 16.0. The average molecular weight is 329 g/mol. The molecule has 24 heavy (non-hydrogen) atoms. The molecule has 1 aromatic carbocycles. The van der Waals surface area contributed by atoms with Crippen LogP contribution in [0, 0.1) is 5.92 Å². The molecule has 0 saturated heterocycles. The molecule has 2 heterocycles. The van der Waals surface area contributed by atoms with Gasteiger partial charge in [0.15, 0.2) is 17.2 Å². The molecule has 0 radical (unpaired) electrons. The van der Waals surface area contributed by atoms with Gasteiger partial charge in [0.25, 0.3) is 0 Å². The van der Waals surface area contributed by atoms with E-state index in [-0.39, 0.29) is 17.7 Å². The highest BCUT2D eigenvalue weighted by molar-refractivity contribution is 5.84. The Balaban J connectivity index is 1.83. The van der Waals surface area contributed by atoms with Gasteiger partial charge in [-0.05, 0) is 23.6 Å². The Morgan fingerprint density at radius 2 is 1.92 bits per heavy atom. The predicted molar refractivity (Wildman–Crippen MR) is 87.6 cm³/mol. The van der Waals surface area contributed by atoms with Crippen LogP contribution in [-0.2, 0) is 0 Å². The number of carboxylic acids is 1. The SMILES string of the molecule is CC(C)[C@@H](Nc1cnc(C(=O)O)cn1)c1ccc2c(c1)OCCO2. The van der Waals surface area contributed by atoms with Gasteiger partial charge in [-0.1, -0.05) is 19.9 Å². The molecule has 0 spiro atoms. The lowest BCUT2D eigenvalue weighted by Crippen LogP contribution is -2.19. The third kappa shape index (κ3) is 3.40. The number of benzene rings is 1. The summed E-state index contributed by atoms with van der Waals surface area (Å²) >= 11 is 0. The average Bonchev–Trinajstić information content (AvgIpc) is 2.59. The Morgan fingerprint density at radius 1 is 1.17 bits per heavy atom. The maximum absolute atomic E-state index is 10.9. The third-order valence-corrected chi connectivity index (χ3v) is 3.77. The summed E-state index contributed by atoms with van der Waals surface area (Å²) in [5, 5.41) is 12.2. The number of aromatic carboxylic acids is 1. The Labute approximate surface area is 139 Å². The van der Waals surface area contributed by atoms with Gasteiger partial charge in [0.1, 0.15) is 19.0 Å². The van der Waals surface area contributed by atoms with Crippen LogP contribution >= 0.6 is 0 Å². The van der Waals surface area contributed by atoms with Gasteiger partial charge < -0.3 is 19.9 Å². The van der Waals surface area contributed by atoms with E-state index in [1.165, 1.54) is 12.4 Å². The van der Waals surface area contributed by atoms with Gasteiger partial charge in [-0.15, -0.1) is 0 Å². The predicted octanol–water partition coefficient (Wildman–Crippen LogP) is 2.76. The first-order valence-electron chi connectivity index (χ1n) is 7.76. The van der Waals surface area contributed by atoms with E-state index in [9.17, 15) is 4.79 Å². The van der Waals surface area contributed by atoms with E-state index in [0.717, 1.165) is 17.1 Å². The summed E-state index contributed by atoms with van der Waals surface area (Å²) in [7, 11) is 0. The van der Waals surface area contributed by atoms with Crippen molar-refractivity contribution in [2.45, 2.75) is 19.9 Å². The lowest BCUT2D eigenvalue weighted by Gasteiger charge is -2.25. The second-order valence-electron chi connectivity index (χ2n) is 5.86. The largest absolute Gasteiger partial charge is 0.486 e. The first-order valence-corrected chi connectivity index (χ1v) is 7.76. The number of nitrogens with one attached hydrogen (secondary N) is 1. The minimum Gasteiger partial charge on any atom is -0.486 e. The summed E-state index contributed by atoms with van der Waals surface area (Å²) in [5.41, 5.74) is 0.958. The number of rotatable bonds is 5. The topological polar surface area (TPSA) is 93.6 Å². The van der Waals surface area contributed by atoms with E-state index in [4.69, 9.17) is 14.6 Å². The quantitative estimate of drug-likeness (QED) is 0.871. The van der Waals surface area contributed by atoms with Gasteiger partial charge in [-0.2, -0.15) is 0 Å². The van der Waals surface area contributed by atoms with Crippen LogP contribution in [0.3, 0.4) is 0 Å². The van der Waals surface area contributed by atoms with Crippen LogP contribution in [0.15, 0.2) is 30.6 Å². The third-order valence-electron chi connectivity index (χ3n) is 3.77. The fourth-order valence-electron chi connectivity index (χ4n) is 2.56. The molecular weight excluding hydrogens is 310 g/mol. The Kier molecular flexibility index (Phi) is 4.50. The summed E-state index contributed by atoms with van der Waals surface area (Å²) in [6.45, 7) is 5.28. The second kappa shape index (κ2) is 6.74. The zero-order valence-corrected chi connectivity index (χ0v) is 13.5. The number of fused-ring (bicyclic) bond motifs is 1. The summed E-state index contributed by atoms with van der Waals surface area (Å²) in [5.74, 6) is 1.18. The minimum atomic E-state index is -1.10. The van der Waals surface area contributed by atoms with Crippen molar-refractivity contribution in [1.82, 2.24) is 9.97 Å². The lowest BCUT2D eigenvalue weighted by atomic mass is 9.95. The fourth-order valence-corrected chi connectivity index (χ4v) is 2.56. The van der Waals surface area contributed by atoms with Crippen LogP contribution in [0.4, 0.5) is 5.82 Å². The number of carbonyl (C=O) groups is 1.